The number of nitrogens with one attached hydrogen (secondary N) is 2. The van der Waals surface area contributed by atoms with E-state index in [1.165, 1.54) is 0 Å². The Bertz CT molecular complexity index is 1100. The standard InChI is InChI=1S/C22H24ClN5/c1-3-28(4-2)14-13-24-21-16-10-6-8-12-18(16)26-22(27-21)20-19(23)15-9-5-7-11-17(15)25-20/h5-12,25H,3-4,13-14H2,1-2H3,(H,24,26,27). The zero-order valence-electron chi connectivity index (χ0n) is 16.2. The molecular weight excluding hydrogens is 370 g/mol. The van der Waals surface area contributed by atoms with Crippen LogP contribution in [-0.2, 0) is 0 Å². The van der Waals surface area contributed by atoms with Crippen LogP contribution in [0.1, 0.15) is 13.8 Å². The Hall–Kier alpha value is -2.63. The first-order valence-corrected chi connectivity index (χ1v) is 10.1. The number of aromatic amines is 1. The lowest BCUT2D eigenvalue weighted by molar-refractivity contribution is 0.316. The number of benzene rings is 2. The number of rotatable bonds is 7. The Balaban J connectivity index is 1.74. The van der Waals surface area contributed by atoms with Crippen molar-refractivity contribution < 1.29 is 0 Å². The fourth-order valence-corrected chi connectivity index (χ4v) is 3.75. The lowest BCUT2D eigenvalue weighted by atomic mass is 10.2. The van der Waals surface area contributed by atoms with Crippen LogP contribution in [0.15, 0.2) is 48.5 Å². The molecule has 0 bridgehead atoms. The molecule has 0 aliphatic carbocycles. The minimum absolute atomic E-state index is 0.602. The third-order valence-corrected chi connectivity index (χ3v) is 5.48. The quantitative estimate of drug-likeness (QED) is 0.454. The molecule has 144 valence electrons. The van der Waals surface area contributed by atoms with Crippen LogP contribution in [0, 0.1) is 0 Å². The van der Waals surface area contributed by atoms with E-state index in [2.05, 4.69) is 29.0 Å². The van der Waals surface area contributed by atoms with Gasteiger partial charge in [0.15, 0.2) is 5.82 Å². The Labute approximate surface area is 169 Å². The second kappa shape index (κ2) is 8.17. The average molecular weight is 394 g/mol. The van der Waals surface area contributed by atoms with Crippen LogP contribution >= 0.6 is 11.6 Å². The average Bonchev–Trinajstić information content (AvgIpc) is 3.08. The van der Waals surface area contributed by atoms with E-state index in [1.54, 1.807) is 0 Å². The second-order valence-electron chi connectivity index (χ2n) is 6.73. The summed E-state index contributed by atoms with van der Waals surface area (Å²) in [6.07, 6.45) is 0. The van der Waals surface area contributed by atoms with E-state index in [9.17, 15) is 0 Å². The fourth-order valence-electron chi connectivity index (χ4n) is 3.46. The molecule has 5 nitrogen and oxygen atoms in total. The largest absolute Gasteiger partial charge is 0.368 e. The molecule has 0 fully saturated rings. The van der Waals surface area contributed by atoms with E-state index < -0.39 is 0 Å². The monoisotopic (exact) mass is 393 g/mol. The Morgan fingerprint density at radius 3 is 2.43 bits per heavy atom. The van der Waals surface area contributed by atoms with Crippen LogP contribution in [0.4, 0.5) is 5.82 Å². The summed E-state index contributed by atoms with van der Waals surface area (Å²) in [5.74, 6) is 1.44. The maximum atomic E-state index is 6.64. The number of fused-ring (bicyclic) bond motifs is 2. The molecule has 0 atom stereocenters. The van der Waals surface area contributed by atoms with Crippen LogP contribution < -0.4 is 5.32 Å². The topological polar surface area (TPSA) is 56.8 Å². The van der Waals surface area contributed by atoms with E-state index in [0.29, 0.717) is 10.8 Å². The van der Waals surface area contributed by atoms with Crippen molar-refractivity contribution in [3.63, 3.8) is 0 Å². The van der Waals surface area contributed by atoms with Crippen LogP contribution in [0.5, 0.6) is 0 Å². The molecule has 2 heterocycles. The normalized spacial score (nSPS) is 11.6. The maximum Gasteiger partial charge on any atom is 0.180 e. The highest BCUT2D eigenvalue weighted by molar-refractivity contribution is 6.38. The number of halogens is 1. The van der Waals surface area contributed by atoms with Gasteiger partial charge in [0.25, 0.3) is 0 Å². The van der Waals surface area contributed by atoms with Crippen molar-refractivity contribution in [2.45, 2.75) is 13.8 Å². The Morgan fingerprint density at radius 1 is 0.964 bits per heavy atom. The van der Waals surface area contributed by atoms with Crippen molar-refractivity contribution >= 4 is 39.2 Å². The van der Waals surface area contributed by atoms with E-state index in [4.69, 9.17) is 21.6 Å². The van der Waals surface area contributed by atoms with Crippen molar-refractivity contribution in [3.05, 3.63) is 53.6 Å². The Morgan fingerprint density at radius 2 is 1.68 bits per heavy atom. The van der Waals surface area contributed by atoms with Crippen molar-refractivity contribution in [1.82, 2.24) is 19.9 Å². The number of para-hydroxylation sites is 2. The Kier molecular flexibility index (Phi) is 5.46. The summed E-state index contributed by atoms with van der Waals surface area (Å²) in [6, 6.07) is 16.0. The maximum absolute atomic E-state index is 6.64. The molecule has 6 heteroatoms. The van der Waals surface area contributed by atoms with E-state index in [1.807, 2.05) is 48.5 Å². The summed E-state index contributed by atoms with van der Waals surface area (Å²) in [4.78, 5) is 15.3. The first-order chi connectivity index (χ1) is 13.7. The SMILES string of the molecule is CCN(CC)CCNc1nc(-c2[nH]c3ccccc3c2Cl)nc2ccccc12. The number of anilines is 1. The summed E-state index contributed by atoms with van der Waals surface area (Å²) >= 11 is 6.64. The molecule has 0 saturated heterocycles. The van der Waals surface area contributed by atoms with Crippen molar-refractivity contribution in [3.8, 4) is 11.5 Å². The van der Waals surface area contributed by atoms with Crippen molar-refractivity contribution in [2.75, 3.05) is 31.5 Å². The van der Waals surface area contributed by atoms with Gasteiger partial charge in [-0.15, -0.1) is 0 Å². The van der Waals surface area contributed by atoms with Gasteiger partial charge in [-0.1, -0.05) is 55.8 Å². The molecule has 0 spiro atoms. The van der Waals surface area contributed by atoms with E-state index in [-0.39, 0.29) is 0 Å². The molecule has 28 heavy (non-hydrogen) atoms. The number of hydrogen-bond acceptors (Lipinski definition) is 4. The summed E-state index contributed by atoms with van der Waals surface area (Å²) < 4.78 is 0. The molecule has 0 aliphatic heterocycles. The summed E-state index contributed by atoms with van der Waals surface area (Å²) in [5, 5.41) is 6.14. The minimum Gasteiger partial charge on any atom is -0.368 e. The second-order valence-corrected chi connectivity index (χ2v) is 7.10. The molecule has 4 aromatic rings. The predicted octanol–water partition coefficient (Wildman–Crippen LogP) is 5.19. The number of likely N-dealkylation sites (N-methyl/N-ethyl adjacent to an activating group) is 1. The molecule has 0 aliphatic rings. The minimum atomic E-state index is 0.602. The number of nitrogens with zero attached hydrogens (tertiary/aromatic N) is 3. The summed E-state index contributed by atoms with van der Waals surface area (Å²) in [6.45, 7) is 8.23. The van der Waals surface area contributed by atoms with Gasteiger partial charge in [0.05, 0.1) is 10.5 Å². The van der Waals surface area contributed by atoms with Crippen molar-refractivity contribution in [1.29, 1.82) is 0 Å². The molecule has 0 saturated carbocycles. The van der Waals surface area contributed by atoms with Gasteiger partial charge in [-0.25, -0.2) is 9.97 Å². The lowest BCUT2D eigenvalue weighted by Crippen LogP contribution is -2.28. The number of H-pyrrole nitrogens is 1. The molecule has 2 aromatic heterocycles. The molecule has 2 aromatic carbocycles. The van der Waals surface area contributed by atoms with Crippen LogP contribution in [0.3, 0.4) is 0 Å². The van der Waals surface area contributed by atoms with Gasteiger partial charge < -0.3 is 15.2 Å². The summed E-state index contributed by atoms with van der Waals surface area (Å²) in [5.41, 5.74) is 2.63. The van der Waals surface area contributed by atoms with E-state index in [0.717, 1.165) is 59.5 Å². The molecular formula is C22H24ClN5. The third-order valence-electron chi connectivity index (χ3n) is 5.08. The zero-order chi connectivity index (χ0) is 19.5. The number of aromatic nitrogens is 3. The van der Waals surface area contributed by atoms with Crippen LogP contribution in [0.2, 0.25) is 5.02 Å². The van der Waals surface area contributed by atoms with Gasteiger partial charge in [-0.05, 0) is 31.3 Å². The van der Waals surface area contributed by atoms with Crippen molar-refractivity contribution in [2.24, 2.45) is 0 Å². The molecule has 4 rings (SSSR count). The van der Waals surface area contributed by atoms with Gasteiger partial charge in [0.2, 0.25) is 0 Å². The number of hydrogen-bond donors (Lipinski definition) is 2. The predicted molar refractivity (Wildman–Crippen MR) is 118 cm³/mol. The van der Waals surface area contributed by atoms with Crippen LogP contribution in [-0.4, -0.2) is 46.0 Å². The van der Waals surface area contributed by atoms with Gasteiger partial charge in [-0.3, -0.25) is 0 Å². The fraction of sp³-hybridized carbons (Fsp3) is 0.273. The highest BCUT2D eigenvalue weighted by Crippen LogP contribution is 2.34. The van der Waals surface area contributed by atoms with Gasteiger partial charge in [0, 0.05) is 29.4 Å². The first kappa shape index (κ1) is 18.7. The molecule has 0 unspecified atom stereocenters. The first-order valence-electron chi connectivity index (χ1n) is 9.70. The van der Waals surface area contributed by atoms with E-state index >= 15 is 0 Å². The van der Waals surface area contributed by atoms with Gasteiger partial charge in [0.1, 0.15) is 11.5 Å². The third kappa shape index (κ3) is 3.55. The molecule has 2 N–H and O–H groups in total. The van der Waals surface area contributed by atoms with Gasteiger partial charge >= 0.3 is 0 Å². The van der Waals surface area contributed by atoms with Crippen LogP contribution in [0.25, 0.3) is 33.3 Å². The highest BCUT2D eigenvalue weighted by atomic mass is 35.5. The molecule has 0 amide bonds. The highest BCUT2D eigenvalue weighted by Gasteiger charge is 2.16. The smallest absolute Gasteiger partial charge is 0.180 e. The van der Waals surface area contributed by atoms with Gasteiger partial charge in [-0.2, -0.15) is 0 Å². The summed E-state index contributed by atoms with van der Waals surface area (Å²) in [7, 11) is 0. The lowest BCUT2D eigenvalue weighted by Gasteiger charge is -2.18. The molecule has 0 radical (unpaired) electrons. The zero-order valence-corrected chi connectivity index (χ0v) is 16.9.